The highest BCUT2D eigenvalue weighted by Crippen LogP contribution is 2.34. The topological polar surface area (TPSA) is 71.0 Å². The van der Waals surface area contributed by atoms with Crippen molar-refractivity contribution in [3.63, 3.8) is 0 Å². The number of thioether (sulfide) groups is 1. The highest BCUT2D eigenvalue weighted by Gasteiger charge is 2.21. The van der Waals surface area contributed by atoms with Crippen LogP contribution in [0.2, 0.25) is 0 Å². The van der Waals surface area contributed by atoms with Crippen LogP contribution in [0.3, 0.4) is 0 Å². The van der Waals surface area contributed by atoms with Crippen LogP contribution in [0.25, 0.3) is 0 Å². The Morgan fingerprint density at radius 2 is 1.97 bits per heavy atom. The zero-order chi connectivity index (χ0) is 22.5. The lowest BCUT2D eigenvalue weighted by atomic mass is 10.2. The van der Waals surface area contributed by atoms with Gasteiger partial charge in [0.05, 0.1) is 11.4 Å². The Morgan fingerprint density at radius 3 is 2.72 bits per heavy atom. The molecule has 0 saturated heterocycles. The van der Waals surface area contributed by atoms with Gasteiger partial charge in [0.2, 0.25) is 11.0 Å². The van der Waals surface area contributed by atoms with Crippen LogP contribution in [-0.2, 0) is 17.1 Å². The van der Waals surface area contributed by atoms with E-state index in [0.29, 0.717) is 17.4 Å². The molecule has 0 aliphatic heterocycles. The summed E-state index contributed by atoms with van der Waals surface area (Å²) in [6.07, 6.45) is 0. The number of aromatic nitrogens is 3. The molecule has 0 bridgehead atoms. The van der Waals surface area contributed by atoms with Gasteiger partial charge >= 0.3 is 0 Å². The van der Waals surface area contributed by atoms with Crippen molar-refractivity contribution in [3.05, 3.63) is 76.8 Å². The van der Waals surface area contributed by atoms with Crippen molar-refractivity contribution < 1.29 is 13.6 Å². The molecule has 32 heavy (non-hydrogen) atoms. The number of nitrogens with one attached hydrogen (secondary N) is 1. The monoisotopic (exact) mass is 489 g/mol. The molecular formula is C21H17F2N5OS3. The third kappa shape index (κ3) is 5.47. The molecule has 11 heteroatoms. The van der Waals surface area contributed by atoms with Crippen molar-refractivity contribution in [3.8, 4) is 0 Å². The van der Waals surface area contributed by atoms with Crippen molar-refractivity contribution in [2.45, 2.75) is 23.6 Å². The van der Waals surface area contributed by atoms with Crippen LogP contribution < -0.4 is 10.2 Å². The molecule has 164 valence electrons. The van der Waals surface area contributed by atoms with Gasteiger partial charge in [0.1, 0.15) is 11.6 Å². The number of halogens is 2. The Bertz CT molecular complexity index is 1220. The Hall–Kier alpha value is -2.89. The Balaban J connectivity index is 1.39. The van der Waals surface area contributed by atoms with Crippen LogP contribution in [0, 0.1) is 11.6 Å². The molecule has 0 aliphatic carbocycles. The molecule has 1 amide bonds. The summed E-state index contributed by atoms with van der Waals surface area (Å²) in [5.74, 6) is -1.43. The van der Waals surface area contributed by atoms with Crippen LogP contribution in [0.15, 0.2) is 58.3 Å². The number of anilines is 3. The number of hydrogen-bond acceptors (Lipinski definition) is 8. The number of carbonyl (C=O) groups is 1. The maximum atomic E-state index is 14.2. The minimum atomic E-state index is -0.823. The van der Waals surface area contributed by atoms with Gasteiger partial charge in [-0.2, -0.15) is 0 Å². The average molecular weight is 490 g/mol. The fourth-order valence-corrected chi connectivity index (χ4v) is 5.41. The molecule has 0 aliphatic rings. The van der Waals surface area contributed by atoms with E-state index in [2.05, 4.69) is 20.5 Å². The molecule has 2 aromatic heterocycles. The summed E-state index contributed by atoms with van der Waals surface area (Å²) >= 11 is 4.13. The molecule has 0 spiro atoms. The second kappa shape index (κ2) is 10.2. The van der Waals surface area contributed by atoms with Crippen molar-refractivity contribution in [2.24, 2.45) is 0 Å². The van der Waals surface area contributed by atoms with Crippen molar-refractivity contribution in [1.29, 1.82) is 0 Å². The fraction of sp³-hybridized carbons (Fsp3) is 0.143. The average Bonchev–Trinajstić information content (AvgIpc) is 3.43. The van der Waals surface area contributed by atoms with Crippen LogP contribution in [-0.4, -0.2) is 21.1 Å². The molecule has 0 unspecified atom stereocenters. The lowest BCUT2D eigenvalue weighted by Gasteiger charge is -2.18. The third-order valence-corrected chi connectivity index (χ3v) is 7.16. The van der Waals surface area contributed by atoms with Crippen molar-refractivity contribution in [1.82, 2.24) is 15.2 Å². The zero-order valence-electron chi connectivity index (χ0n) is 16.8. The molecule has 0 atom stereocenters. The minimum Gasteiger partial charge on any atom is -0.356 e. The van der Waals surface area contributed by atoms with E-state index < -0.39 is 17.5 Å². The first-order valence-electron chi connectivity index (χ1n) is 9.44. The highest BCUT2D eigenvalue weighted by molar-refractivity contribution is 8.00. The van der Waals surface area contributed by atoms with E-state index in [1.54, 1.807) is 5.38 Å². The van der Waals surface area contributed by atoms with Gasteiger partial charge in [0.15, 0.2) is 9.47 Å². The molecule has 0 saturated carbocycles. The Morgan fingerprint density at radius 1 is 1.16 bits per heavy atom. The second-order valence-electron chi connectivity index (χ2n) is 6.57. The van der Waals surface area contributed by atoms with Gasteiger partial charge in [0, 0.05) is 30.7 Å². The Kier molecular flexibility index (Phi) is 7.08. The molecule has 0 radical (unpaired) electrons. The summed E-state index contributed by atoms with van der Waals surface area (Å²) in [5, 5.41) is 14.4. The third-order valence-electron chi connectivity index (χ3n) is 4.23. The molecule has 0 fully saturated rings. The largest absolute Gasteiger partial charge is 0.356 e. The van der Waals surface area contributed by atoms with E-state index in [1.165, 1.54) is 47.4 Å². The molecule has 2 heterocycles. The van der Waals surface area contributed by atoms with Gasteiger partial charge < -0.3 is 5.32 Å². The lowest BCUT2D eigenvalue weighted by Crippen LogP contribution is -2.23. The van der Waals surface area contributed by atoms with Gasteiger partial charge in [0.25, 0.3) is 0 Å². The van der Waals surface area contributed by atoms with E-state index in [-0.39, 0.29) is 5.69 Å². The fourth-order valence-electron chi connectivity index (χ4n) is 2.78. The van der Waals surface area contributed by atoms with E-state index >= 15 is 0 Å². The van der Waals surface area contributed by atoms with E-state index in [4.69, 9.17) is 0 Å². The van der Waals surface area contributed by atoms with Crippen molar-refractivity contribution in [2.75, 3.05) is 10.2 Å². The molecular weight excluding hydrogens is 472 g/mol. The maximum absolute atomic E-state index is 14.2. The SMILES string of the molecule is CC(=O)N(c1nc(CSc2nnc(NCc3ccccc3)s2)cs1)c1ccc(F)cc1F. The van der Waals surface area contributed by atoms with Crippen LogP contribution in [0.4, 0.5) is 24.7 Å². The molecule has 1 N–H and O–H groups in total. The van der Waals surface area contributed by atoms with E-state index in [1.807, 2.05) is 30.3 Å². The normalized spacial score (nSPS) is 10.8. The maximum Gasteiger partial charge on any atom is 0.230 e. The number of nitrogens with zero attached hydrogens (tertiary/aromatic N) is 4. The minimum absolute atomic E-state index is 0.0364. The van der Waals surface area contributed by atoms with Crippen molar-refractivity contribution >= 4 is 56.3 Å². The molecule has 6 nitrogen and oxygen atoms in total. The van der Waals surface area contributed by atoms with Gasteiger partial charge in [-0.3, -0.25) is 9.69 Å². The zero-order valence-corrected chi connectivity index (χ0v) is 19.2. The van der Waals surface area contributed by atoms with Gasteiger partial charge in [-0.05, 0) is 17.7 Å². The van der Waals surface area contributed by atoms with Gasteiger partial charge in [-0.15, -0.1) is 21.5 Å². The number of hydrogen-bond donors (Lipinski definition) is 1. The van der Waals surface area contributed by atoms with E-state index in [0.717, 1.165) is 37.8 Å². The van der Waals surface area contributed by atoms with Gasteiger partial charge in [-0.1, -0.05) is 53.4 Å². The molecule has 4 aromatic rings. The number of carbonyl (C=O) groups excluding carboxylic acids is 1. The van der Waals surface area contributed by atoms with Gasteiger partial charge in [-0.25, -0.2) is 13.8 Å². The first-order chi connectivity index (χ1) is 15.5. The van der Waals surface area contributed by atoms with Crippen LogP contribution in [0.5, 0.6) is 0 Å². The van der Waals surface area contributed by atoms with Crippen LogP contribution >= 0.6 is 34.4 Å². The highest BCUT2D eigenvalue weighted by atomic mass is 32.2. The quantitative estimate of drug-likeness (QED) is 0.313. The van der Waals surface area contributed by atoms with E-state index in [9.17, 15) is 13.6 Å². The second-order valence-corrected chi connectivity index (χ2v) is 9.61. The summed E-state index contributed by atoms with van der Waals surface area (Å²) in [4.78, 5) is 17.7. The number of thiazole rings is 1. The summed E-state index contributed by atoms with van der Waals surface area (Å²) < 4.78 is 28.2. The standard InChI is InChI=1S/C21H17F2N5OS3/c1-13(29)28(18-8-7-15(22)9-17(18)23)20-25-16(11-30-20)12-31-21-27-26-19(32-21)24-10-14-5-3-2-4-6-14/h2-9,11H,10,12H2,1H3,(H,24,26). The number of benzene rings is 2. The number of amides is 1. The first-order valence-corrected chi connectivity index (χ1v) is 12.1. The molecule has 2 aromatic carbocycles. The number of rotatable bonds is 8. The predicted octanol–water partition coefficient (Wildman–Crippen LogP) is 5.86. The first kappa shape index (κ1) is 22.3. The lowest BCUT2D eigenvalue weighted by molar-refractivity contribution is -0.115. The smallest absolute Gasteiger partial charge is 0.230 e. The summed E-state index contributed by atoms with van der Waals surface area (Å²) in [6.45, 7) is 1.97. The summed E-state index contributed by atoms with van der Waals surface area (Å²) in [6, 6.07) is 13.1. The Labute approximate surface area is 195 Å². The summed E-state index contributed by atoms with van der Waals surface area (Å²) in [5.41, 5.74) is 1.84. The van der Waals surface area contributed by atoms with Crippen LogP contribution in [0.1, 0.15) is 18.2 Å². The predicted molar refractivity (Wildman–Crippen MR) is 125 cm³/mol. The summed E-state index contributed by atoms with van der Waals surface area (Å²) in [7, 11) is 0. The molecule has 4 rings (SSSR count).